The molecule has 178 valence electrons. The highest BCUT2D eigenvalue weighted by Gasteiger charge is 2.60. The molecule has 0 unspecified atom stereocenters. The third-order valence-electron chi connectivity index (χ3n) is 4.71. The van der Waals surface area contributed by atoms with E-state index in [1.54, 1.807) is 6.20 Å². The van der Waals surface area contributed by atoms with E-state index < -0.39 is 40.9 Å². The van der Waals surface area contributed by atoms with Gasteiger partial charge in [0.25, 0.3) is 5.91 Å². The number of alkyl halides is 5. The first-order valence-electron chi connectivity index (χ1n) is 9.53. The van der Waals surface area contributed by atoms with Crippen molar-refractivity contribution in [2.45, 2.75) is 18.6 Å². The van der Waals surface area contributed by atoms with Crippen molar-refractivity contribution < 1.29 is 31.1 Å². The number of amides is 1. The number of carbonyl (C=O) groups is 1. The molecule has 3 aromatic heterocycles. The zero-order chi connectivity index (χ0) is 24.7. The van der Waals surface area contributed by atoms with Gasteiger partial charge in [0.1, 0.15) is 11.5 Å². The van der Waals surface area contributed by atoms with E-state index in [4.69, 9.17) is 0 Å². The molecule has 0 fully saturated rings. The number of rotatable bonds is 6. The topological polar surface area (TPSA) is 77.1 Å². The highest BCUT2D eigenvalue weighted by Crippen LogP contribution is 2.44. The van der Waals surface area contributed by atoms with Gasteiger partial charge in [0.15, 0.2) is 11.3 Å². The molecule has 7 nitrogen and oxygen atoms in total. The number of nitrogens with zero attached hydrogens (tertiary/aromatic N) is 5. The van der Waals surface area contributed by atoms with Crippen LogP contribution in [-0.2, 0) is 12.5 Å². The average molecular weight is 547 g/mol. The monoisotopic (exact) mass is 546 g/mol. The summed E-state index contributed by atoms with van der Waals surface area (Å²) in [4.78, 5) is 16.5. The summed E-state index contributed by atoms with van der Waals surface area (Å²) in [6.07, 6.45) is -2.74. The molecule has 3 heterocycles. The van der Waals surface area contributed by atoms with Crippen molar-refractivity contribution in [3.05, 3.63) is 70.5 Å². The molecule has 34 heavy (non-hydrogen) atoms. The van der Waals surface area contributed by atoms with Crippen molar-refractivity contribution in [3.8, 4) is 11.3 Å². The summed E-state index contributed by atoms with van der Waals surface area (Å²) in [7, 11) is 0. The van der Waals surface area contributed by atoms with Crippen LogP contribution < -0.4 is 5.32 Å². The third kappa shape index (κ3) is 4.62. The Morgan fingerprint density at radius 1 is 1.09 bits per heavy atom. The maximum absolute atomic E-state index is 14.4. The van der Waals surface area contributed by atoms with Crippen LogP contribution in [0.3, 0.4) is 0 Å². The molecule has 14 heteroatoms. The van der Waals surface area contributed by atoms with Crippen LogP contribution in [0.2, 0.25) is 0 Å². The number of halogens is 7. The Kier molecular flexibility index (Phi) is 6.10. The van der Waals surface area contributed by atoms with Crippen LogP contribution in [0, 0.1) is 5.82 Å². The Morgan fingerprint density at radius 3 is 2.41 bits per heavy atom. The second-order valence-electron chi connectivity index (χ2n) is 7.08. The highest BCUT2D eigenvalue weighted by molar-refractivity contribution is 9.10. The lowest BCUT2D eigenvalue weighted by Crippen LogP contribution is -2.36. The number of nitrogens with one attached hydrogen (secondary N) is 1. The minimum atomic E-state index is -5.94. The summed E-state index contributed by atoms with van der Waals surface area (Å²) in [6, 6.07) is 5.88. The van der Waals surface area contributed by atoms with E-state index in [9.17, 15) is 31.1 Å². The lowest BCUT2D eigenvalue weighted by molar-refractivity contribution is -0.291. The van der Waals surface area contributed by atoms with Crippen molar-refractivity contribution >= 4 is 27.5 Å². The third-order valence-corrected chi connectivity index (χ3v) is 5.12. The summed E-state index contributed by atoms with van der Waals surface area (Å²) in [5.74, 6) is -6.74. The molecule has 0 saturated carbocycles. The van der Waals surface area contributed by atoms with Crippen LogP contribution >= 0.6 is 15.9 Å². The Hall–Kier alpha value is -3.42. The Balaban J connectivity index is 1.71. The van der Waals surface area contributed by atoms with Gasteiger partial charge in [0.05, 0.1) is 22.9 Å². The number of hydrogen-bond acceptors (Lipinski definition) is 4. The van der Waals surface area contributed by atoms with Crippen LogP contribution in [-0.4, -0.2) is 43.0 Å². The largest absolute Gasteiger partial charge is 0.459 e. The number of hydrogen-bond donors (Lipinski definition) is 1. The van der Waals surface area contributed by atoms with Gasteiger partial charge in [-0.3, -0.25) is 9.48 Å². The molecular weight excluding hydrogens is 534 g/mol. The Bertz CT molecular complexity index is 1350. The molecule has 0 aliphatic heterocycles. The lowest BCUT2D eigenvalue weighted by Gasteiger charge is -2.21. The van der Waals surface area contributed by atoms with Gasteiger partial charge in [-0.25, -0.2) is 13.9 Å². The standard InChI is InChI=1S/C20H13BrF6N6O/c21-12-9-29-32(10-12)6-5-28-18(34)15-8-17-30-14(11-1-3-13(22)4-2-11)7-16(33(17)31-15)19(23,24)20(25,26)27/h1-4,7-10H,5-6H2,(H,28,34). The molecule has 0 aliphatic rings. The summed E-state index contributed by atoms with van der Waals surface area (Å²) in [6.45, 7) is 0.357. The van der Waals surface area contributed by atoms with E-state index in [1.807, 2.05) is 0 Å². The molecule has 0 bridgehead atoms. The fourth-order valence-corrected chi connectivity index (χ4v) is 3.39. The number of fused-ring (bicyclic) bond motifs is 1. The molecule has 1 aromatic carbocycles. The average Bonchev–Trinajstić information content (AvgIpc) is 3.38. The fraction of sp³-hybridized carbons (Fsp3) is 0.200. The van der Waals surface area contributed by atoms with Crippen LogP contribution in [0.15, 0.2) is 53.3 Å². The van der Waals surface area contributed by atoms with Gasteiger partial charge >= 0.3 is 12.1 Å². The molecule has 0 radical (unpaired) electrons. The van der Waals surface area contributed by atoms with E-state index in [0.29, 0.717) is 6.07 Å². The van der Waals surface area contributed by atoms with Crippen LogP contribution in [0.5, 0.6) is 0 Å². The highest BCUT2D eigenvalue weighted by atomic mass is 79.9. The first-order valence-corrected chi connectivity index (χ1v) is 10.3. The van der Waals surface area contributed by atoms with Crippen LogP contribution in [0.4, 0.5) is 26.3 Å². The summed E-state index contributed by atoms with van der Waals surface area (Å²) >= 11 is 3.22. The summed E-state index contributed by atoms with van der Waals surface area (Å²) in [5.41, 5.74) is -2.54. The molecule has 1 N–H and O–H groups in total. The second kappa shape index (κ2) is 8.74. The lowest BCUT2D eigenvalue weighted by atomic mass is 10.1. The van der Waals surface area contributed by atoms with E-state index in [-0.39, 0.29) is 28.9 Å². The smallest absolute Gasteiger partial charge is 0.349 e. The SMILES string of the molecule is O=C(NCCn1cc(Br)cn1)c1cc2nc(-c3ccc(F)cc3)cc(C(F)(F)C(F)(F)F)n2n1. The molecule has 0 aliphatic carbocycles. The molecule has 4 aromatic rings. The van der Waals surface area contributed by atoms with Gasteiger partial charge in [-0.05, 0) is 46.3 Å². The predicted molar refractivity (Wildman–Crippen MR) is 111 cm³/mol. The first kappa shape index (κ1) is 23.7. The zero-order valence-electron chi connectivity index (χ0n) is 16.8. The van der Waals surface area contributed by atoms with Gasteiger partial charge in [0.2, 0.25) is 0 Å². The Morgan fingerprint density at radius 2 is 1.79 bits per heavy atom. The van der Waals surface area contributed by atoms with Crippen LogP contribution in [0.1, 0.15) is 16.2 Å². The van der Waals surface area contributed by atoms with Crippen molar-refractivity contribution in [2.24, 2.45) is 0 Å². The van der Waals surface area contributed by atoms with Gasteiger partial charge in [-0.1, -0.05) is 0 Å². The molecule has 1 amide bonds. The van der Waals surface area contributed by atoms with Crippen LogP contribution in [0.25, 0.3) is 16.9 Å². The second-order valence-corrected chi connectivity index (χ2v) is 8.00. The minimum Gasteiger partial charge on any atom is -0.349 e. The molecule has 4 rings (SSSR count). The van der Waals surface area contributed by atoms with Gasteiger partial charge in [-0.15, -0.1) is 0 Å². The maximum Gasteiger partial charge on any atom is 0.459 e. The van der Waals surface area contributed by atoms with Crippen molar-refractivity contribution in [3.63, 3.8) is 0 Å². The quantitative estimate of drug-likeness (QED) is 0.359. The van der Waals surface area contributed by atoms with Gasteiger partial charge in [0, 0.05) is 24.4 Å². The predicted octanol–water partition coefficient (Wildman–Crippen LogP) is 4.58. The van der Waals surface area contributed by atoms with Crippen molar-refractivity contribution in [2.75, 3.05) is 6.54 Å². The maximum atomic E-state index is 14.4. The molecule has 0 spiro atoms. The minimum absolute atomic E-state index is 0.0840. The van der Waals surface area contributed by atoms with E-state index >= 15 is 0 Å². The number of benzene rings is 1. The zero-order valence-corrected chi connectivity index (χ0v) is 18.4. The summed E-state index contributed by atoms with van der Waals surface area (Å²) < 4.78 is 84.0. The first-order chi connectivity index (χ1) is 16.0. The molecular formula is C20H13BrF6N6O. The fourth-order valence-electron chi connectivity index (χ4n) is 3.06. The summed E-state index contributed by atoms with van der Waals surface area (Å²) in [5, 5.41) is 10.1. The molecule has 0 atom stereocenters. The van der Waals surface area contributed by atoms with Crippen molar-refractivity contribution in [1.82, 2.24) is 29.7 Å². The normalized spacial score (nSPS) is 12.3. The van der Waals surface area contributed by atoms with E-state index in [0.717, 1.165) is 22.7 Å². The Labute approximate surface area is 195 Å². The van der Waals surface area contributed by atoms with Gasteiger partial charge < -0.3 is 5.32 Å². The number of carbonyl (C=O) groups excluding carboxylic acids is 1. The van der Waals surface area contributed by atoms with Crippen molar-refractivity contribution in [1.29, 1.82) is 0 Å². The van der Waals surface area contributed by atoms with E-state index in [2.05, 4.69) is 36.4 Å². The van der Waals surface area contributed by atoms with E-state index in [1.165, 1.54) is 23.0 Å². The van der Waals surface area contributed by atoms with Gasteiger partial charge in [-0.2, -0.15) is 32.1 Å². The number of aromatic nitrogens is 5. The molecule has 0 saturated heterocycles.